The summed E-state index contributed by atoms with van der Waals surface area (Å²) in [4.78, 5) is 4.58. The number of aromatic nitrogens is 5. The zero-order chi connectivity index (χ0) is 29.2. The van der Waals surface area contributed by atoms with E-state index in [0.717, 1.165) is 6.07 Å². The van der Waals surface area contributed by atoms with Gasteiger partial charge in [-0.05, 0) is 50.2 Å². The predicted molar refractivity (Wildman–Crippen MR) is 133 cm³/mol. The number of rotatable bonds is 5. The second-order valence-corrected chi connectivity index (χ2v) is 11.0. The van der Waals surface area contributed by atoms with E-state index in [2.05, 4.69) is 20.3 Å². The van der Waals surface area contributed by atoms with Gasteiger partial charge in [-0.15, -0.1) is 10.2 Å². The van der Waals surface area contributed by atoms with E-state index in [1.54, 1.807) is 17.7 Å². The van der Waals surface area contributed by atoms with E-state index < -0.39 is 24.0 Å². The Hall–Kier alpha value is -3.74. The highest BCUT2D eigenvalue weighted by Gasteiger charge is 2.54. The van der Waals surface area contributed by atoms with Crippen molar-refractivity contribution in [3.63, 3.8) is 0 Å². The summed E-state index contributed by atoms with van der Waals surface area (Å²) in [7, 11) is 1.70. The number of aliphatic hydroxyl groups is 1. The second-order valence-electron chi connectivity index (χ2n) is 11.0. The lowest BCUT2D eigenvalue weighted by Gasteiger charge is -2.51. The van der Waals surface area contributed by atoms with E-state index in [4.69, 9.17) is 4.52 Å². The first-order valence-electron chi connectivity index (χ1n) is 13.1. The molecule has 41 heavy (non-hydrogen) atoms. The Morgan fingerprint density at radius 3 is 2.07 bits per heavy atom. The van der Waals surface area contributed by atoms with Crippen molar-refractivity contribution < 1.29 is 36.0 Å². The van der Waals surface area contributed by atoms with Gasteiger partial charge >= 0.3 is 12.4 Å². The van der Waals surface area contributed by atoms with E-state index in [9.17, 15) is 31.4 Å². The molecule has 2 heterocycles. The van der Waals surface area contributed by atoms with Crippen LogP contribution in [0, 0.1) is 0 Å². The van der Waals surface area contributed by atoms with Gasteiger partial charge < -0.3 is 14.2 Å². The Balaban J connectivity index is 1.21. The number of hydrogen-bond acceptors (Lipinski definition) is 6. The molecule has 2 aromatic heterocycles. The van der Waals surface area contributed by atoms with Crippen LogP contribution >= 0.6 is 0 Å². The average molecular weight is 578 g/mol. The van der Waals surface area contributed by atoms with Crippen molar-refractivity contribution >= 4 is 0 Å². The summed E-state index contributed by atoms with van der Waals surface area (Å²) >= 11 is 0. The molecule has 1 atom stereocenters. The van der Waals surface area contributed by atoms with Gasteiger partial charge in [-0.3, -0.25) is 0 Å². The molecule has 0 amide bonds. The summed E-state index contributed by atoms with van der Waals surface area (Å²) < 4.78 is 86.7. The molecule has 3 saturated carbocycles. The van der Waals surface area contributed by atoms with Crippen LogP contribution in [0.5, 0.6) is 0 Å². The molecule has 4 aromatic rings. The largest absolute Gasteiger partial charge is 0.418 e. The van der Waals surface area contributed by atoms with Crippen molar-refractivity contribution in [3.05, 3.63) is 71.4 Å². The summed E-state index contributed by atoms with van der Waals surface area (Å²) in [6, 6.07) is 10.5. The summed E-state index contributed by atoms with van der Waals surface area (Å²) in [6.07, 6.45) is -7.63. The topological polar surface area (TPSA) is 89.9 Å². The predicted octanol–water partition coefficient (Wildman–Crippen LogP) is 6.69. The lowest BCUT2D eigenvalue weighted by molar-refractivity contribution is -0.206. The third kappa shape index (κ3) is 4.59. The molecule has 1 N–H and O–H groups in total. The van der Waals surface area contributed by atoms with Gasteiger partial charge in [0.1, 0.15) is 5.82 Å². The Morgan fingerprint density at radius 2 is 1.46 bits per heavy atom. The summed E-state index contributed by atoms with van der Waals surface area (Å²) in [5, 5.41) is 22.1. The van der Waals surface area contributed by atoms with Crippen molar-refractivity contribution in [2.24, 2.45) is 7.05 Å². The molecule has 0 aliphatic heterocycles. The normalized spacial score (nSPS) is 23.6. The third-order valence-electron chi connectivity index (χ3n) is 8.74. The Kier molecular flexibility index (Phi) is 6.29. The fraction of sp³-hybridized carbons (Fsp3) is 0.429. The molecule has 3 fully saturated rings. The van der Waals surface area contributed by atoms with Gasteiger partial charge in [0.2, 0.25) is 11.7 Å². The lowest BCUT2D eigenvalue weighted by Crippen LogP contribution is -2.47. The van der Waals surface area contributed by atoms with Crippen molar-refractivity contribution in [2.75, 3.05) is 0 Å². The quantitative estimate of drug-likeness (QED) is 0.266. The van der Waals surface area contributed by atoms with Crippen LogP contribution in [0.15, 0.2) is 53.1 Å². The second kappa shape index (κ2) is 9.40. The van der Waals surface area contributed by atoms with E-state index >= 15 is 0 Å². The number of alkyl halides is 6. The molecule has 13 heteroatoms. The Labute approximate surface area is 230 Å². The average Bonchev–Trinajstić information content (AvgIpc) is 3.61. The molecule has 0 radical (unpaired) electrons. The van der Waals surface area contributed by atoms with Crippen LogP contribution in [-0.2, 0) is 24.1 Å². The zero-order valence-electron chi connectivity index (χ0n) is 21.8. The van der Waals surface area contributed by atoms with Crippen LogP contribution in [0.3, 0.4) is 0 Å². The van der Waals surface area contributed by atoms with Crippen LogP contribution in [0.2, 0.25) is 0 Å². The summed E-state index contributed by atoms with van der Waals surface area (Å²) in [6.45, 7) is 0. The molecule has 7 rings (SSSR count). The number of halogens is 6. The van der Waals surface area contributed by atoms with Crippen LogP contribution in [0.25, 0.3) is 22.8 Å². The van der Waals surface area contributed by atoms with Gasteiger partial charge in [-0.25, -0.2) is 0 Å². The molecule has 7 nitrogen and oxygen atoms in total. The maximum atomic E-state index is 13.7. The number of fused-ring (bicyclic) bond motifs is 3. The van der Waals surface area contributed by atoms with E-state index in [0.29, 0.717) is 55.8 Å². The minimum Gasteiger partial charge on any atom is -0.379 e. The molecular formula is C28H25F6N5O2. The minimum absolute atomic E-state index is 0.0158. The van der Waals surface area contributed by atoms with E-state index in [-0.39, 0.29) is 33.6 Å². The monoisotopic (exact) mass is 577 g/mol. The fourth-order valence-electron chi connectivity index (χ4n) is 6.35. The first-order valence-corrected chi connectivity index (χ1v) is 13.1. The first kappa shape index (κ1) is 27.4. The van der Waals surface area contributed by atoms with Crippen molar-refractivity contribution in [3.8, 4) is 22.8 Å². The van der Waals surface area contributed by atoms with Crippen LogP contribution in [0.1, 0.15) is 67.5 Å². The molecular weight excluding hydrogens is 552 g/mol. The fourth-order valence-corrected chi connectivity index (χ4v) is 6.35. The van der Waals surface area contributed by atoms with Crippen molar-refractivity contribution in [1.29, 1.82) is 0 Å². The van der Waals surface area contributed by atoms with Gasteiger partial charge in [0.05, 0.1) is 5.56 Å². The van der Waals surface area contributed by atoms with Gasteiger partial charge in [0, 0.05) is 29.0 Å². The minimum atomic E-state index is -4.77. The van der Waals surface area contributed by atoms with Crippen LogP contribution in [-0.4, -0.2) is 36.2 Å². The van der Waals surface area contributed by atoms with E-state index in [1.807, 2.05) is 0 Å². The molecule has 216 valence electrons. The van der Waals surface area contributed by atoms with Crippen LogP contribution < -0.4 is 0 Å². The standard InChI is InChI=1S/C28H25F6N5O2/c1-39-22(18-4-2-3-5-19(18)27(29,30)31)36-37-23(39)25-10-13-26(14-11-25,15-12-25)24-35-21(38-41-24)17-8-6-16(7-9-17)20(40)28(32,33)34/h2-9,20,40H,10-15H2,1H3. The third-order valence-corrected chi connectivity index (χ3v) is 8.74. The maximum absolute atomic E-state index is 13.7. The molecule has 3 aliphatic carbocycles. The number of benzene rings is 2. The number of hydrogen-bond donors (Lipinski definition) is 1. The van der Waals surface area contributed by atoms with Crippen molar-refractivity contribution in [1.82, 2.24) is 24.9 Å². The molecule has 0 saturated heterocycles. The summed E-state index contributed by atoms with van der Waals surface area (Å²) in [5.74, 6) is 1.52. The molecule has 1 unspecified atom stereocenters. The Morgan fingerprint density at radius 1 is 0.854 bits per heavy atom. The molecule has 0 spiro atoms. The highest BCUT2D eigenvalue weighted by atomic mass is 19.4. The molecule has 2 aromatic carbocycles. The van der Waals surface area contributed by atoms with Gasteiger partial charge in [-0.1, -0.05) is 47.6 Å². The van der Waals surface area contributed by atoms with Gasteiger partial charge in [0.25, 0.3) is 0 Å². The molecule has 2 bridgehead atoms. The SMILES string of the molecule is Cn1c(-c2ccccc2C(F)(F)F)nnc1C12CCC(c3nc(-c4ccc(C(O)C(F)(F)F)cc4)no3)(CC1)CC2. The highest BCUT2D eigenvalue weighted by molar-refractivity contribution is 5.62. The van der Waals surface area contributed by atoms with Crippen LogP contribution in [0.4, 0.5) is 26.3 Å². The maximum Gasteiger partial charge on any atom is 0.418 e. The van der Waals surface area contributed by atoms with Crippen molar-refractivity contribution in [2.45, 2.75) is 67.8 Å². The number of nitrogens with zero attached hydrogens (tertiary/aromatic N) is 5. The summed E-state index contributed by atoms with van der Waals surface area (Å²) in [5.41, 5.74) is -1.31. The Bertz CT molecular complexity index is 1550. The zero-order valence-corrected chi connectivity index (χ0v) is 21.8. The van der Waals surface area contributed by atoms with Gasteiger partial charge in [0.15, 0.2) is 11.9 Å². The first-order chi connectivity index (χ1) is 19.3. The lowest BCUT2D eigenvalue weighted by atomic mass is 9.53. The van der Waals surface area contributed by atoms with Gasteiger partial charge in [-0.2, -0.15) is 31.3 Å². The van der Waals surface area contributed by atoms with E-state index in [1.165, 1.54) is 36.4 Å². The smallest absolute Gasteiger partial charge is 0.379 e. The molecule has 3 aliphatic rings. The number of aliphatic hydroxyl groups excluding tert-OH is 1. The highest BCUT2D eigenvalue weighted by Crippen LogP contribution is 2.58.